The van der Waals surface area contributed by atoms with Crippen LogP contribution in [0.2, 0.25) is 0 Å². The molecule has 0 spiro atoms. The molecule has 3 aromatic carbocycles. The molecule has 2 fully saturated rings. The molecule has 0 aromatic heterocycles. The van der Waals surface area contributed by atoms with Crippen molar-refractivity contribution in [2.24, 2.45) is 0 Å². The molecule has 5 rings (SSSR count). The number of aliphatic hydroxyl groups is 1. The van der Waals surface area contributed by atoms with Gasteiger partial charge < -0.3 is 14.9 Å². The molecule has 2 heterocycles. The van der Waals surface area contributed by atoms with Crippen LogP contribution in [0.25, 0.3) is 11.1 Å². The summed E-state index contributed by atoms with van der Waals surface area (Å²) in [6.45, 7) is 0.418. The van der Waals surface area contributed by atoms with Gasteiger partial charge in [-0.3, -0.25) is 9.59 Å². The maximum Gasteiger partial charge on any atom is 0.242 e. The number of nitriles is 1. The summed E-state index contributed by atoms with van der Waals surface area (Å²) in [5.41, 5.74) is 4.64. The second-order valence-electron chi connectivity index (χ2n) is 8.89. The minimum Gasteiger partial charge on any atom is -0.394 e. The fourth-order valence-electron chi connectivity index (χ4n) is 5.21. The molecule has 3 atom stereocenters. The summed E-state index contributed by atoms with van der Waals surface area (Å²) in [6, 6.07) is 26.8. The minimum atomic E-state index is -0.273. The number of carbonyl (C=O) groups is 2. The van der Waals surface area contributed by atoms with Gasteiger partial charge in [0.25, 0.3) is 0 Å². The van der Waals surface area contributed by atoms with E-state index in [9.17, 15) is 14.7 Å². The number of fused-ring (bicyclic) bond motifs is 1. The summed E-state index contributed by atoms with van der Waals surface area (Å²) in [6.07, 6.45) is 0.272. The molecule has 0 saturated carbocycles. The molecule has 1 N–H and O–H groups in total. The van der Waals surface area contributed by atoms with Gasteiger partial charge in [0.1, 0.15) is 0 Å². The Hall–Kier alpha value is -3.95. The monoisotopic (exact) mass is 451 g/mol. The van der Waals surface area contributed by atoms with E-state index < -0.39 is 0 Å². The number of aliphatic hydroxyl groups excluding tert-OH is 1. The van der Waals surface area contributed by atoms with Gasteiger partial charge in [0, 0.05) is 12.5 Å². The molecule has 2 amide bonds. The SMILES string of the molecule is N#Cc1ccc(-c2ccc([C@@H]3[C@@H](CO)N4C(=O)CN(C(=O)Cc5ccccc5)C[C@@H]34)cc2)cc1. The highest BCUT2D eigenvalue weighted by atomic mass is 16.3. The van der Waals surface area contributed by atoms with Crippen molar-refractivity contribution in [1.29, 1.82) is 5.26 Å². The topological polar surface area (TPSA) is 84.6 Å². The molecule has 3 aromatic rings. The van der Waals surface area contributed by atoms with Gasteiger partial charge in [0.15, 0.2) is 0 Å². The second-order valence-corrected chi connectivity index (χ2v) is 8.89. The van der Waals surface area contributed by atoms with Crippen molar-refractivity contribution in [2.45, 2.75) is 24.4 Å². The first kappa shape index (κ1) is 21.9. The smallest absolute Gasteiger partial charge is 0.242 e. The number of nitrogens with zero attached hydrogens (tertiary/aromatic N) is 3. The fourth-order valence-corrected chi connectivity index (χ4v) is 5.21. The third kappa shape index (κ3) is 3.95. The lowest BCUT2D eigenvalue weighted by atomic mass is 9.73. The molecular weight excluding hydrogens is 426 g/mol. The predicted octanol–water partition coefficient (Wildman–Crippen LogP) is 2.97. The highest BCUT2D eigenvalue weighted by Crippen LogP contribution is 2.43. The minimum absolute atomic E-state index is 0.0312. The molecule has 0 radical (unpaired) electrons. The van der Waals surface area contributed by atoms with E-state index in [4.69, 9.17) is 5.26 Å². The summed E-state index contributed by atoms with van der Waals surface area (Å²) in [4.78, 5) is 29.2. The summed E-state index contributed by atoms with van der Waals surface area (Å²) in [5.74, 6) is -0.194. The Morgan fingerprint density at radius 1 is 0.971 bits per heavy atom. The first-order valence-corrected chi connectivity index (χ1v) is 11.4. The molecule has 0 unspecified atom stereocenters. The third-order valence-electron chi connectivity index (χ3n) is 6.95. The number of amides is 2. The number of benzene rings is 3. The highest BCUT2D eigenvalue weighted by molar-refractivity contribution is 5.88. The van der Waals surface area contributed by atoms with E-state index in [1.165, 1.54) is 0 Å². The maximum absolute atomic E-state index is 12.9. The molecular formula is C28H25N3O3. The van der Waals surface area contributed by atoms with Crippen LogP contribution in [0.1, 0.15) is 22.6 Å². The Morgan fingerprint density at radius 2 is 1.62 bits per heavy atom. The van der Waals surface area contributed by atoms with Crippen LogP contribution in [0.3, 0.4) is 0 Å². The van der Waals surface area contributed by atoms with Gasteiger partial charge in [-0.1, -0.05) is 66.7 Å². The summed E-state index contributed by atoms with van der Waals surface area (Å²) < 4.78 is 0. The molecule has 2 aliphatic heterocycles. The van der Waals surface area contributed by atoms with E-state index in [0.717, 1.165) is 22.3 Å². The van der Waals surface area contributed by atoms with Crippen molar-refractivity contribution in [3.05, 3.63) is 95.6 Å². The molecule has 6 heteroatoms. The quantitative estimate of drug-likeness (QED) is 0.646. The van der Waals surface area contributed by atoms with Crippen LogP contribution < -0.4 is 0 Å². The van der Waals surface area contributed by atoms with Crippen LogP contribution in [-0.2, 0) is 16.0 Å². The van der Waals surface area contributed by atoms with Crippen LogP contribution in [-0.4, -0.2) is 58.5 Å². The van der Waals surface area contributed by atoms with Crippen molar-refractivity contribution in [3.8, 4) is 17.2 Å². The number of carbonyl (C=O) groups excluding carboxylic acids is 2. The van der Waals surface area contributed by atoms with E-state index in [1.807, 2.05) is 66.7 Å². The predicted molar refractivity (Wildman–Crippen MR) is 128 cm³/mol. The number of rotatable bonds is 5. The molecule has 2 aliphatic rings. The van der Waals surface area contributed by atoms with Gasteiger partial charge in [-0.25, -0.2) is 0 Å². The zero-order valence-electron chi connectivity index (χ0n) is 18.7. The Bertz CT molecular complexity index is 1230. The van der Waals surface area contributed by atoms with Gasteiger partial charge in [0.2, 0.25) is 11.8 Å². The van der Waals surface area contributed by atoms with Crippen LogP contribution >= 0.6 is 0 Å². The Kier molecular flexibility index (Phi) is 5.87. The molecule has 6 nitrogen and oxygen atoms in total. The van der Waals surface area contributed by atoms with Crippen LogP contribution in [0.15, 0.2) is 78.9 Å². The summed E-state index contributed by atoms with van der Waals surface area (Å²) in [5, 5.41) is 19.0. The van der Waals surface area contributed by atoms with Crippen molar-refractivity contribution < 1.29 is 14.7 Å². The lowest BCUT2D eigenvalue weighted by molar-refractivity contribution is -0.166. The largest absolute Gasteiger partial charge is 0.394 e. The normalized spacial score (nSPS) is 21.4. The van der Waals surface area contributed by atoms with Gasteiger partial charge in [0.05, 0.1) is 43.3 Å². The van der Waals surface area contributed by atoms with Gasteiger partial charge in [-0.2, -0.15) is 5.26 Å². The van der Waals surface area contributed by atoms with Gasteiger partial charge in [-0.05, 0) is 34.4 Å². The van der Waals surface area contributed by atoms with E-state index in [-0.39, 0.29) is 49.4 Å². The Morgan fingerprint density at radius 3 is 2.24 bits per heavy atom. The number of hydrogen-bond donors (Lipinski definition) is 1. The van der Waals surface area contributed by atoms with E-state index >= 15 is 0 Å². The highest BCUT2D eigenvalue weighted by Gasteiger charge is 2.54. The third-order valence-corrected chi connectivity index (χ3v) is 6.95. The number of hydrogen-bond acceptors (Lipinski definition) is 4. The van der Waals surface area contributed by atoms with Crippen LogP contribution in [0.4, 0.5) is 0 Å². The second kappa shape index (κ2) is 9.12. The molecule has 2 saturated heterocycles. The summed E-state index contributed by atoms with van der Waals surface area (Å²) >= 11 is 0. The van der Waals surface area contributed by atoms with Crippen molar-refractivity contribution in [3.63, 3.8) is 0 Å². The van der Waals surface area contributed by atoms with E-state index in [0.29, 0.717) is 12.1 Å². The lowest BCUT2D eigenvalue weighted by Crippen LogP contribution is -2.73. The molecule has 0 aliphatic carbocycles. The number of piperazine rings is 1. The maximum atomic E-state index is 12.9. The van der Waals surface area contributed by atoms with E-state index in [1.54, 1.807) is 21.9 Å². The zero-order chi connectivity index (χ0) is 23.7. The average molecular weight is 452 g/mol. The van der Waals surface area contributed by atoms with Crippen LogP contribution in [0, 0.1) is 11.3 Å². The van der Waals surface area contributed by atoms with Crippen LogP contribution in [0.5, 0.6) is 0 Å². The summed E-state index contributed by atoms with van der Waals surface area (Å²) in [7, 11) is 0. The first-order chi connectivity index (χ1) is 16.6. The first-order valence-electron chi connectivity index (χ1n) is 11.4. The van der Waals surface area contributed by atoms with Crippen molar-refractivity contribution in [2.75, 3.05) is 19.7 Å². The molecule has 170 valence electrons. The van der Waals surface area contributed by atoms with Gasteiger partial charge >= 0.3 is 0 Å². The zero-order valence-corrected chi connectivity index (χ0v) is 18.7. The van der Waals surface area contributed by atoms with Crippen molar-refractivity contribution >= 4 is 11.8 Å². The van der Waals surface area contributed by atoms with E-state index in [2.05, 4.69) is 6.07 Å². The average Bonchev–Trinajstić information content (AvgIpc) is 2.86. The lowest BCUT2D eigenvalue weighted by Gasteiger charge is -2.58. The fraction of sp³-hybridized carbons (Fsp3) is 0.250. The Labute approximate surface area is 198 Å². The van der Waals surface area contributed by atoms with Gasteiger partial charge in [-0.15, -0.1) is 0 Å². The van der Waals surface area contributed by atoms with Crippen molar-refractivity contribution in [1.82, 2.24) is 9.80 Å². The molecule has 34 heavy (non-hydrogen) atoms. The standard InChI is InChI=1S/C28H25N3O3/c29-15-20-6-8-21(9-7-20)22-10-12-23(13-11-22)28-24-16-30(17-27(34)31(24)25(28)18-32)26(33)14-19-4-2-1-3-5-19/h1-13,24-25,28,32H,14,16-18H2/t24-,25+,28-/m0/s1. The Balaban J connectivity index is 1.34. The molecule has 0 bridgehead atoms.